The number of amides is 1. The SMILES string of the molecule is CCCC(NC(=O)c1cccc(OCc2noc(C)n2)c1)C(=O)O. The van der Waals surface area contributed by atoms with Crippen LogP contribution in [0.4, 0.5) is 0 Å². The third-order valence-electron chi connectivity index (χ3n) is 3.21. The Kier molecular flexibility index (Phi) is 5.89. The Morgan fingerprint density at radius 3 is 2.83 bits per heavy atom. The van der Waals surface area contributed by atoms with Crippen LogP contribution in [0.15, 0.2) is 28.8 Å². The smallest absolute Gasteiger partial charge is 0.326 e. The number of hydrogen-bond donors (Lipinski definition) is 2. The van der Waals surface area contributed by atoms with Crippen LogP contribution in [-0.4, -0.2) is 33.2 Å². The molecule has 0 fully saturated rings. The Balaban J connectivity index is 2.00. The summed E-state index contributed by atoms with van der Waals surface area (Å²) < 4.78 is 10.4. The maximum absolute atomic E-state index is 12.2. The number of aromatic nitrogens is 2. The molecule has 0 saturated carbocycles. The summed E-state index contributed by atoms with van der Waals surface area (Å²) in [5, 5.41) is 15.3. The molecule has 0 bridgehead atoms. The second-order valence-corrected chi connectivity index (χ2v) is 5.20. The molecule has 8 nitrogen and oxygen atoms in total. The molecule has 8 heteroatoms. The summed E-state index contributed by atoms with van der Waals surface area (Å²) in [7, 11) is 0. The van der Waals surface area contributed by atoms with Crippen LogP contribution >= 0.6 is 0 Å². The molecule has 1 aromatic carbocycles. The molecule has 0 radical (unpaired) electrons. The molecule has 0 saturated heterocycles. The minimum Gasteiger partial charge on any atom is -0.485 e. The number of ether oxygens (including phenoxy) is 1. The second kappa shape index (κ2) is 8.09. The Bertz CT molecular complexity index is 713. The number of carbonyl (C=O) groups is 2. The summed E-state index contributed by atoms with van der Waals surface area (Å²) in [6.07, 6.45) is 1.03. The maximum Gasteiger partial charge on any atom is 0.326 e. The van der Waals surface area contributed by atoms with Crippen molar-refractivity contribution in [2.45, 2.75) is 39.3 Å². The van der Waals surface area contributed by atoms with Crippen molar-refractivity contribution >= 4 is 11.9 Å². The van der Waals surface area contributed by atoms with Gasteiger partial charge in [-0.25, -0.2) is 4.79 Å². The van der Waals surface area contributed by atoms with Crippen LogP contribution < -0.4 is 10.1 Å². The number of aliphatic carboxylic acids is 1. The lowest BCUT2D eigenvalue weighted by atomic mass is 10.1. The van der Waals surface area contributed by atoms with E-state index in [1.54, 1.807) is 25.1 Å². The number of aryl methyl sites for hydroxylation is 1. The number of nitrogens with one attached hydrogen (secondary N) is 1. The largest absolute Gasteiger partial charge is 0.485 e. The van der Waals surface area contributed by atoms with Gasteiger partial charge in [0.1, 0.15) is 11.8 Å². The topological polar surface area (TPSA) is 115 Å². The lowest BCUT2D eigenvalue weighted by Gasteiger charge is -2.14. The minimum absolute atomic E-state index is 0.107. The summed E-state index contributed by atoms with van der Waals surface area (Å²) in [5.41, 5.74) is 0.319. The number of carbonyl (C=O) groups excluding carboxylic acids is 1. The Labute approximate surface area is 138 Å². The monoisotopic (exact) mass is 333 g/mol. The highest BCUT2D eigenvalue weighted by Crippen LogP contribution is 2.15. The molecule has 1 aromatic heterocycles. The van der Waals surface area contributed by atoms with Gasteiger partial charge in [0.15, 0.2) is 6.61 Å². The highest BCUT2D eigenvalue weighted by Gasteiger charge is 2.19. The van der Waals surface area contributed by atoms with E-state index >= 15 is 0 Å². The number of rotatable bonds is 8. The first-order valence-corrected chi connectivity index (χ1v) is 7.55. The molecule has 0 aliphatic carbocycles. The van der Waals surface area contributed by atoms with Gasteiger partial charge in [-0.05, 0) is 24.6 Å². The van der Waals surface area contributed by atoms with Crippen LogP contribution in [0.25, 0.3) is 0 Å². The van der Waals surface area contributed by atoms with Gasteiger partial charge in [-0.2, -0.15) is 4.98 Å². The third-order valence-corrected chi connectivity index (χ3v) is 3.21. The van der Waals surface area contributed by atoms with Crippen LogP contribution in [-0.2, 0) is 11.4 Å². The number of benzene rings is 1. The van der Waals surface area contributed by atoms with Crippen LogP contribution in [0, 0.1) is 6.92 Å². The van der Waals surface area contributed by atoms with E-state index in [1.807, 2.05) is 6.92 Å². The average Bonchev–Trinajstić information content (AvgIpc) is 2.98. The van der Waals surface area contributed by atoms with E-state index in [4.69, 9.17) is 14.4 Å². The number of carboxylic acids is 1. The molecule has 0 aliphatic heterocycles. The quantitative estimate of drug-likeness (QED) is 0.758. The molecule has 2 aromatic rings. The Morgan fingerprint density at radius 2 is 2.21 bits per heavy atom. The predicted octanol–water partition coefficient (Wildman–Crippen LogP) is 1.94. The first-order chi connectivity index (χ1) is 11.5. The molecule has 1 atom stereocenters. The van der Waals surface area contributed by atoms with Crippen molar-refractivity contribution in [3.05, 3.63) is 41.5 Å². The molecule has 1 amide bonds. The summed E-state index contributed by atoms with van der Waals surface area (Å²) in [4.78, 5) is 27.3. The van der Waals surface area contributed by atoms with E-state index in [1.165, 1.54) is 6.07 Å². The molecule has 2 rings (SSSR count). The number of hydrogen-bond acceptors (Lipinski definition) is 6. The highest BCUT2D eigenvalue weighted by atomic mass is 16.5. The van der Waals surface area contributed by atoms with Crippen molar-refractivity contribution in [1.29, 1.82) is 0 Å². The van der Waals surface area contributed by atoms with E-state index in [0.717, 1.165) is 0 Å². The summed E-state index contributed by atoms with van der Waals surface area (Å²) in [5.74, 6) is -0.220. The lowest BCUT2D eigenvalue weighted by molar-refractivity contribution is -0.139. The zero-order valence-electron chi connectivity index (χ0n) is 13.5. The van der Waals surface area contributed by atoms with E-state index in [2.05, 4.69) is 15.5 Å². The summed E-state index contributed by atoms with van der Waals surface area (Å²) in [6, 6.07) is 5.55. The normalized spacial score (nSPS) is 11.8. The maximum atomic E-state index is 12.2. The van der Waals surface area contributed by atoms with Crippen molar-refractivity contribution in [3.8, 4) is 5.75 Å². The first-order valence-electron chi connectivity index (χ1n) is 7.55. The van der Waals surface area contributed by atoms with Gasteiger partial charge in [-0.1, -0.05) is 24.6 Å². The zero-order chi connectivity index (χ0) is 17.5. The van der Waals surface area contributed by atoms with Gasteiger partial charge in [0.25, 0.3) is 5.91 Å². The van der Waals surface area contributed by atoms with Crippen LogP contribution in [0.1, 0.15) is 41.8 Å². The highest BCUT2D eigenvalue weighted by molar-refractivity contribution is 5.96. The Hall–Kier alpha value is -2.90. The lowest BCUT2D eigenvalue weighted by Crippen LogP contribution is -2.40. The van der Waals surface area contributed by atoms with Gasteiger partial charge >= 0.3 is 5.97 Å². The number of carboxylic acid groups (broad SMARTS) is 1. The third kappa shape index (κ3) is 4.80. The van der Waals surface area contributed by atoms with Crippen LogP contribution in [0.3, 0.4) is 0 Å². The minimum atomic E-state index is -1.05. The zero-order valence-corrected chi connectivity index (χ0v) is 13.5. The van der Waals surface area contributed by atoms with Gasteiger partial charge in [-0.15, -0.1) is 0 Å². The summed E-state index contributed by atoms with van der Waals surface area (Å²) >= 11 is 0. The molecule has 2 N–H and O–H groups in total. The van der Waals surface area contributed by atoms with E-state index < -0.39 is 17.9 Å². The van der Waals surface area contributed by atoms with E-state index in [9.17, 15) is 9.59 Å². The summed E-state index contributed by atoms with van der Waals surface area (Å²) in [6.45, 7) is 3.64. The molecule has 24 heavy (non-hydrogen) atoms. The van der Waals surface area contributed by atoms with Crippen molar-refractivity contribution in [2.75, 3.05) is 0 Å². The molecule has 0 aliphatic rings. The van der Waals surface area contributed by atoms with Crippen LogP contribution in [0.5, 0.6) is 5.75 Å². The molecule has 1 unspecified atom stereocenters. The van der Waals surface area contributed by atoms with Gasteiger partial charge in [0, 0.05) is 12.5 Å². The fraction of sp³-hybridized carbons (Fsp3) is 0.375. The van der Waals surface area contributed by atoms with E-state index in [0.29, 0.717) is 35.9 Å². The average molecular weight is 333 g/mol. The van der Waals surface area contributed by atoms with Crippen molar-refractivity contribution in [2.24, 2.45) is 0 Å². The van der Waals surface area contributed by atoms with Crippen molar-refractivity contribution in [3.63, 3.8) is 0 Å². The second-order valence-electron chi connectivity index (χ2n) is 5.20. The first kappa shape index (κ1) is 17.5. The van der Waals surface area contributed by atoms with Gasteiger partial charge in [0.2, 0.25) is 11.7 Å². The van der Waals surface area contributed by atoms with Gasteiger partial charge < -0.3 is 19.7 Å². The predicted molar refractivity (Wildman–Crippen MR) is 83.6 cm³/mol. The molecular weight excluding hydrogens is 314 g/mol. The van der Waals surface area contributed by atoms with Crippen molar-refractivity contribution < 1.29 is 24.0 Å². The molecular formula is C16H19N3O5. The van der Waals surface area contributed by atoms with Crippen molar-refractivity contribution in [1.82, 2.24) is 15.5 Å². The fourth-order valence-corrected chi connectivity index (χ4v) is 2.06. The fourth-order valence-electron chi connectivity index (χ4n) is 2.06. The Morgan fingerprint density at radius 1 is 1.42 bits per heavy atom. The van der Waals surface area contributed by atoms with E-state index in [-0.39, 0.29) is 6.61 Å². The van der Waals surface area contributed by atoms with Crippen LogP contribution in [0.2, 0.25) is 0 Å². The standard InChI is InChI=1S/C16H19N3O5/c1-3-5-13(16(21)22)18-15(20)11-6-4-7-12(8-11)23-9-14-17-10(2)24-19-14/h4,6-8,13H,3,5,9H2,1-2H3,(H,18,20)(H,21,22). The molecule has 1 heterocycles. The molecule has 128 valence electrons. The van der Waals surface area contributed by atoms with Gasteiger partial charge in [-0.3, -0.25) is 4.79 Å². The molecule has 0 spiro atoms. The van der Waals surface area contributed by atoms with Gasteiger partial charge in [0.05, 0.1) is 0 Å². The number of nitrogens with zero attached hydrogens (tertiary/aromatic N) is 2.